The molecule has 0 radical (unpaired) electrons. The van der Waals surface area contributed by atoms with Gasteiger partial charge in [0.1, 0.15) is 11.6 Å². The van der Waals surface area contributed by atoms with Gasteiger partial charge >= 0.3 is 0 Å². The number of aromatic nitrogens is 2. The highest BCUT2D eigenvalue weighted by atomic mass is 19.1. The third-order valence-corrected chi connectivity index (χ3v) is 2.67. The van der Waals surface area contributed by atoms with Crippen molar-refractivity contribution in [2.45, 2.75) is 13.5 Å². The minimum atomic E-state index is -0.237. The zero-order valence-corrected chi connectivity index (χ0v) is 10.1. The summed E-state index contributed by atoms with van der Waals surface area (Å²) in [6, 6.07) is 5.14. The van der Waals surface area contributed by atoms with Crippen molar-refractivity contribution >= 4 is 0 Å². The number of hydrogen-bond acceptors (Lipinski definition) is 2. The van der Waals surface area contributed by atoms with Crippen molar-refractivity contribution in [3.8, 4) is 11.4 Å². The second-order valence-electron chi connectivity index (χ2n) is 3.96. The SMILES string of the molecule is CCNCc1ccc(F)c(-c2nccn2C)c1. The van der Waals surface area contributed by atoms with Gasteiger partial charge in [-0.3, -0.25) is 0 Å². The first-order valence-corrected chi connectivity index (χ1v) is 5.69. The minimum absolute atomic E-state index is 0.237. The molecule has 0 amide bonds. The lowest BCUT2D eigenvalue weighted by Gasteiger charge is -2.07. The average Bonchev–Trinajstić information content (AvgIpc) is 2.74. The maximum atomic E-state index is 13.8. The molecule has 0 saturated carbocycles. The molecule has 1 aromatic heterocycles. The third kappa shape index (κ3) is 2.53. The van der Waals surface area contributed by atoms with Crippen LogP contribution in [0.15, 0.2) is 30.6 Å². The van der Waals surface area contributed by atoms with E-state index >= 15 is 0 Å². The van der Waals surface area contributed by atoms with E-state index in [2.05, 4.69) is 10.3 Å². The van der Waals surface area contributed by atoms with Gasteiger partial charge in [0.2, 0.25) is 0 Å². The smallest absolute Gasteiger partial charge is 0.142 e. The number of imidazole rings is 1. The largest absolute Gasteiger partial charge is 0.334 e. The van der Waals surface area contributed by atoms with Crippen LogP contribution in [0.4, 0.5) is 4.39 Å². The highest BCUT2D eigenvalue weighted by Crippen LogP contribution is 2.21. The van der Waals surface area contributed by atoms with Crippen LogP contribution < -0.4 is 5.32 Å². The molecule has 90 valence electrons. The van der Waals surface area contributed by atoms with Gasteiger partial charge in [0.15, 0.2) is 0 Å². The summed E-state index contributed by atoms with van der Waals surface area (Å²) in [5.41, 5.74) is 1.61. The molecule has 4 heteroatoms. The number of benzene rings is 1. The Bertz CT molecular complexity index is 505. The molecule has 1 aromatic carbocycles. The minimum Gasteiger partial charge on any atom is -0.334 e. The molecule has 0 unspecified atom stereocenters. The van der Waals surface area contributed by atoms with Crippen molar-refractivity contribution in [1.82, 2.24) is 14.9 Å². The van der Waals surface area contributed by atoms with E-state index in [1.807, 2.05) is 30.8 Å². The van der Waals surface area contributed by atoms with Crippen molar-refractivity contribution in [1.29, 1.82) is 0 Å². The fourth-order valence-electron chi connectivity index (χ4n) is 1.75. The lowest BCUT2D eigenvalue weighted by molar-refractivity contribution is 0.626. The van der Waals surface area contributed by atoms with E-state index in [1.165, 1.54) is 6.07 Å². The van der Waals surface area contributed by atoms with Crippen molar-refractivity contribution in [2.24, 2.45) is 7.05 Å². The van der Waals surface area contributed by atoms with E-state index in [4.69, 9.17) is 0 Å². The number of aryl methyl sites for hydroxylation is 1. The monoisotopic (exact) mass is 233 g/mol. The highest BCUT2D eigenvalue weighted by Gasteiger charge is 2.10. The molecule has 0 aliphatic rings. The van der Waals surface area contributed by atoms with Gasteiger partial charge in [0.05, 0.1) is 5.56 Å². The van der Waals surface area contributed by atoms with Gasteiger partial charge in [-0.1, -0.05) is 13.0 Å². The summed E-state index contributed by atoms with van der Waals surface area (Å²) in [5, 5.41) is 3.22. The fraction of sp³-hybridized carbons (Fsp3) is 0.308. The van der Waals surface area contributed by atoms with Crippen LogP contribution in [0.1, 0.15) is 12.5 Å². The second-order valence-corrected chi connectivity index (χ2v) is 3.96. The van der Waals surface area contributed by atoms with E-state index in [9.17, 15) is 4.39 Å². The summed E-state index contributed by atoms with van der Waals surface area (Å²) in [5.74, 6) is 0.417. The van der Waals surface area contributed by atoms with Crippen molar-refractivity contribution < 1.29 is 4.39 Å². The summed E-state index contributed by atoms with van der Waals surface area (Å²) in [6.07, 6.45) is 3.48. The molecule has 0 aliphatic carbocycles. The van der Waals surface area contributed by atoms with Crippen LogP contribution >= 0.6 is 0 Å². The highest BCUT2D eigenvalue weighted by molar-refractivity contribution is 5.57. The number of hydrogen-bond donors (Lipinski definition) is 1. The van der Waals surface area contributed by atoms with Crippen LogP contribution in [0.5, 0.6) is 0 Å². The summed E-state index contributed by atoms with van der Waals surface area (Å²) >= 11 is 0. The predicted octanol–water partition coefficient (Wildman–Crippen LogP) is 2.34. The first-order valence-electron chi connectivity index (χ1n) is 5.69. The van der Waals surface area contributed by atoms with Gasteiger partial charge in [0.25, 0.3) is 0 Å². The number of rotatable bonds is 4. The molecular weight excluding hydrogens is 217 g/mol. The number of nitrogens with one attached hydrogen (secondary N) is 1. The zero-order valence-electron chi connectivity index (χ0n) is 10.1. The molecular formula is C13H16FN3. The van der Waals surface area contributed by atoms with Crippen molar-refractivity contribution in [3.05, 3.63) is 42.0 Å². The molecule has 1 heterocycles. The van der Waals surface area contributed by atoms with E-state index in [-0.39, 0.29) is 5.82 Å². The van der Waals surface area contributed by atoms with Crippen LogP contribution in [-0.4, -0.2) is 16.1 Å². The Morgan fingerprint density at radius 3 is 2.88 bits per heavy atom. The number of nitrogens with zero attached hydrogens (tertiary/aromatic N) is 2. The zero-order chi connectivity index (χ0) is 12.3. The van der Waals surface area contributed by atoms with E-state index < -0.39 is 0 Å². The van der Waals surface area contributed by atoms with Crippen LogP contribution in [0.2, 0.25) is 0 Å². The molecule has 17 heavy (non-hydrogen) atoms. The first-order chi connectivity index (χ1) is 8.22. The van der Waals surface area contributed by atoms with Crippen LogP contribution in [0, 0.1) is 5.82 Å². The predicted molar refractivity (Wildman–Crippen MR) is 66.0 cm³/mol. The summed E-state index contributed by atoms with van der Waals surface area (Å²) in [6.45, 7) is 3.69. The van der Waals surface area contributed by atoms with Gasteiger partial charge in [-0.2, -0.15) is 0 Å². The van der Waals surface area contributed by atoms with Crippen molar-refractivity contribution in [2.75, 3.05) is 6.54 Å². The van der Waals surface area contributed by atoms with Gasteiger partial charge in [0, 0.05) is 26.0 Å². The molecule has 2 rings (SSSR count). The Morgan fingerprint density at radius 2 is 2.24 bits per heavy atom. The molecule has 0 atom stereocenters. The molecule has 0 aliphatic heterocycles. The van der Waals surface area contributed by atoms with Crippen LogP contribution in [0.3, 0.4) is 0 Å². The molecule has 0 spiro atoms. The summed E-state index contributed by atoms with van der Waals surface area (Å²) < 4.78 is 15.6. The number of halogens is 1. The van der Waals surface area contributed by atoms with Crippen LogP contribution in [0.25, 0.3) is 11.4 Å². The molecule has 0 bridgehead atoms. The van der Waals surface area contributed by atoms with Crippen molar-refractivity contribution in [3.63, 3.8) is 0 Å². The quantitative estimate of drug-likeness (QED) is 0.878. The van der Waals surface area contributed by atoms with Gasteiger partial charge in [-0.05, 0) is 24.2 Å². The fourth-order valence-corrected chi connectivity index (χ4v) is 1.75. The Hall–Kier alpha value is -1.68. The standard InChI is InChI=1S/C13H16FN3/c1-3-15-9-10-4-5-12(14)11(8-10)13-16-6-7-17(13)2/h4-8,15H,3,9H2,1-2H3. The lowest BCUT2D eigenvalue weighted by Crippen LogP contribution is -2.11. The second kappa shape index (κ2) is 5.10. The maximum absolute atomic E-state index is 13.8. The summed E-state index contributed by atoms with van der Waals surface area (Å²) in [7, 11) is 1.86. The van der Waals surface area contributed by atoms with E-state index in [0.717, 1.165) is 18.7 Å². The van der Waals surface area contributed by atoms with Gasteiger partial charge < -0.3 is 9.88 Å². The maximum Gasteiger partial charge on any atom is 0.142 e. The average molecular weight is 233 g/mol. The van der Waals surface area contributed by atoms with Gasteiger partial charge in [-0.15, -0.1) is 0 Å². The Morgan fingerprint density at radius 1 is 1.41 bits per heavy atom. The lowest BCUT2D eigenvalue weighted by atomic mass is 10.1. The van der Waals surface area contributed by atoms with Crippen LogP contribution in [-0.2, 0) is 13.6 Å². The third-order valence-electron chi connectivity index (χ3n) is 2.67. The first kappa shape index (κ1) is 11.8. The molecule has 0 fully saturated rings. The molecule has 3 nitrogen and oxygen atoms in total. The topological polar surface area (TPSA) is 29.9 Å². The summed E-state index contributed by atoms with van der Waals surface area (Å²) in [4.78, 5) is 4.17. The van der Waals surface area contributed by atoms with E-state index in [1.54, 1.807) is 12.3 Å². The van der Waals surface area contributed by atoms with E-state index in [0.29, 0.717) is 11.4 Å². The molecule has 0 saturated heterocycles. The Balaban J connectivity index is 2.36. The Kier molecular flexibility index (Phi) is 3.54. The van der Waals surface area contributed by atoms with Gasteiger partial charge in [-0.25, -0.2) is 9.37 Å². The Labute approximate surface area is 100 Å². The normalized spacial score (nSPS) is 10.8. The molecule has 2 aromatic rings. The molecule has 1 N–H and O–H groups in total.